The van der Waals surface area contributed by atoms with E-state index in [1.165, 1.54) is 0 Å². The molecular weight excluding hydrogens is 564 g/mol. The molecule has 0 spiro atoms. The Labute approximate surface area is 238 Å². The molecule has 9 heteroatoms. The second-order valence-corrected chi connectivity index (χ2v) is 8.69. The smallest absolute Gasteiger partial charge is 0.270 e. The Hall–Kier alpha value is -4.11. The summed E-state index contributed by atoms with van der Waals surface area (Å²) in [4.78, 5) is 30.6. The van der Waals surface area contributed by atoms with Gasteiger partial charge in [-0.05, 0) is 72.5 Å². The summed E-state index contributed by atoms with van der Waals surface area (Å²) < 4.78 is 21.5. The van der Waals surface area contributed by atoms with Crippen LogP contribution in [0.4, 0.5) is 0 Å². The lowest BCUT2D eigenvalue weighted by atomic mass is 9.83. The first kappa shape index (κ1) is 29.4. The number of hydrogen-bond acceptors (Lipinski definition) is 7. The molecule has 39 heavy (non-hydrogen) atoms. The summed E-state index contributed by atoms with van der Waals surface area (Å²) in [5.41, 5.74) is 3.03. The van der Waals surface area contributed by atoms with Gasteiger partial charge in [0.05, 0.1) is 28.4 Å². The average molecular weight is 595 g/mol. The fraction of sp³-hybridized carbons (Fsp3) is 0.233. The molecule has 1 fully saturated rings. The van der Waals surface area contributed by atoms with Gasteiger partial charge in [-0.1, -0.05) is 18.2 Å². The summed E-state index contributed by atoms with van der Waals surface area (Å²) >= 11 is 0. The SMILES string of the molecule is Br.COc1ccc(/C=C2\CC(NC(=O)c3ccccn3)C/C(=C\c3ccc(OC)c(OC)c3)C2=O)cc1OC. The van der Waals surface area contributed by atoms with Crippen molar-refractivity contribution in [2.45, 2.75) is 18.9 Å². The van der Waals surface area contributed by atoms with Crippen molar-refractivity contribution in [2.75, 3.05) is 28.4 Å². The highest BCUT2D eigenvalue weighted by molar-refractivity contribution is 8.93. The predicted molar refractivity (Wildman–Crippen MR) is 155 cm³/mol. The molecule has 3 aromatic rings. The molecule has 0 atom stereocenters. The molecule has 1 aromatic heterocycles. The first-order valence-electron chi connectivity index (χ1n) is 12.1. The standard InChI is InChI=1S/C30H30N2O6.BrH/c1-35-25-10-8-19(15-27(25)37-3)13-21-17-23(32-30(34)24-7-5-6-12-31-24)18-22(29(21)33)14-20-9-11-26(36-2)28(16-20)38-4;/h5-16,23H,17-18H2,1-4H3,(H,32,34);1H/b21-13+,22-14+;. The lowest BCUT2D eigenvalue weighted by Crippen LogP contribution is -2.39. The summed E-state index contributed by atoms with van der Waals surface area (Å²) in [6.07, 6.45) is 5.96. The number of benzene rings is 2. The van der Waals surface area contributed by atoms with Crippen molar-refractivity contribution >= 4 is 40.8 Å². The van der Waals surface area contributed by atoms with E-state index in [4.69, 9.17) is 18.9 Å². The normalized spacial score (nSPS) is 16.8. The maximum Gasteiger partial charge on any atom is 0.270 e. The van der Waals surface area contributed by atoms with E-state index < -0.39 is 0 Å². The van der Waals surface area contributed by atoms with Gasteiger partial charge in [0.2, 0.25) is 0 Å². The van der Waals surface area contributed by atoms with E-state index in [1.807, 2.05) is 36.4 Å². The van der Waals surface area contributed by atoms with Crippen molar-refractivity contribution in [1.82, 2.24) is 10.3 Å². The summed E-state index contributed by atoms with van der Waals surface area (Å²) in [5, 5.41) is 3.04. The second-order valence-electron chi connectivity index (χ2n) is 8.69. The monoisotopic (exact) mass is 594 g/mol. The van der Waals surface area contributed by atoms with E-state index in [0.717, 1.165) is 11.1 Å². The molecule has 0 aliphatic heterocycles. The molecule has 4 rings (SSSR count). The molecule has 1 heterocycles. The van der Waals surface area contributed by atoms with Crippen LogP contribution in [0.25, 0.3) is 12.2 Å². The summed E-state index contributed by atoms with van der Waals surface area (Å²) in [6.45, 7) is 0. The van der Waals surface area contributed by atoms with Crippen LogP contribution < -0.4 is 24.3 Å². The Balaban J connectivity index is 0.00000420. The van der Waals surface area contributed by atoms with Crippen molar-refractivity contribution in [2.24, 2.45) is 0 Å². The number of nitrogens with one attached hydrogen (secondary N) is 1. The van der Waals surface area contributed by atoms with E-state index in [-0.39, 0.29) is 34.7 Å². The zero-order valence-corrected chi connectivity index (χ0v) is 23.9. The second kappa shape index (κ2) is 13.6. The highest BCUT2D eigenvalue weighted by Crippen LogP contribution is 2.33. The Morgan fingerprint density at radius 3 is 1.74 bits per heavy atom. The lowest BCUT2D eigenvalue weighted by molar-refractivity contribution is -0.113. The van der Waals surface area contributed by atoms with E-state index in [1.54, 1.807) is 65.0 Å². The Morgan fingerprint density at radius 2 is 1.31 bits per heavy atom. The minimum Gasteiger partial charge on any atom is -0.493 e. The first-order valence-corrected chi connectivity index (χ1v) is 12.1. The number of ether oxygens (including phenoxy) is 4. The summed E-state index contributed by atoms with van der Waals surface area (Å²) in [7, 11) is 6.27. The maximum absolute atomic E-state index is 13.6. The number of carbonyl (C=O) groups excluding carboxylic acids is 2. The fourth-order valence-corrected chi connectivity index (χ4v) is 4.39. The van der Waals surface area contributed by atoms with Gasteiger partial charge in [-0.15, -0.1) is 17.0 Å². The quantitative estimate of drug-likeness (QED) is 0.352. The van der Waals surface area contributed by atoms with E-state index in [9.17, 15) is 9.59 Å². The van der Waals surface area contributed by atoms with Gasteiger partial charge in [0.1, 0.15) is 5.69 Å². The number of amides is 1. The molecular formula is C30H31BrN2O6. The van der Waals surface area contributed by atoms with Crippen LogP contribution in [0.1, 0.15) is 34.5 Å². The number of Topliss-reactive ketones (excluding diaryl/α,β-unsaturated/α-hetero) is 1. The molecule has 204 valence electrons. The highest BCUT2D eigenvalue weighted by atomic mass is 79.9. The minimum atomic E-state index is -0.306. The lowest BCUT2D eigenvalue weighted by Gasteiger charge is -2.27. The third kappa shape index (κ3) is 7.06. The number of rotatable bonds is 8. The molecule has 1 aliphatic carbocycles. The largest absolute Gasteiger partial charge is 0.493 e. The predicted octanol–water partition coefficient (Wildman–Crippen LogP) is 5.32. The van der Waals surface area contributed by atoms with Crippen LogP contribution in [0.3, 0.4) is 0 Å². The van der Waals surface area contributed by atoms with Crippen LogP contribution >= 0.6 is 17.0 Å². The topological polar surface area (TPSA) is 96.0 Å². The van der Waals surface area contributed by atoms with E-state index in [2.05, 4.69) is 10.3 Å². The van der Waals surface area contributed by atoms with Crippen molar-refractivity contribution < 1.29 is 28.5 Å². The summed E-state index contributed by atoms with van der Waals surface area (Å²) in [5.74, 6) is 1.94. The molecule has 1 N–H and O–H groups in total. The molecule has 0 bridgehead atoms. The van der Waals surface area contributed by atoms with Gasteiger partial charge in [0, 0.05) is 23.4 Å². The van der Waals surface area contributed by atoms with Crippen LogP contribution in [0.5, 0.6) is 23.0 Å². The summed E-state index contributed by atoms with van der Waals surface area (Å²) in [6, 6.07) is 15.8. The van der Waals surface area contributed by atoms with Crippen LogP contribution in [0, 0.1) is 0 Å². The Morgan fingerprint density at radius 1 is 0.795 bits per heavy atom. The number of carbonyl (C=O) groups is 2. The zero-order valence-electron chi connectivity index (χ0n) is 22.2. The third-order valence-electron chi connectivity index (χ3n) is 6.25. The van der Waals surface area contributed by atoms with Gasteiger partial charge in [-0.2, -0.15) is 0 Å². The number of pyridine rings is 1. The third-order valence-corrected chi connectivity index (χ3v) is 6.25. The first-order chi connectivity index (χ1) is 18.4. The van der Waals surface area contributed by atoms with Crippen LogP contribution in [-0.4, -0.2) is 51.2 Å². The van der Waals surface area contributed by atoms with Gasteiger partial charge in [0.15, 0.2) is 28.8 Å². The molecule has 8 nitrogen and oxygen atoms in total. The number of aromatic nitrogens is 1. The number of methoxy groups -OCH3 is 4. The molecule has 1 amide bonds. The molecule has 2 aromatic carbocycles. The van der Waals surface area contributed by atoms with E-state index in [0.29, 0.717) is 52.7 Å². The van der Waals surface area contributed by atoms with E-state index >= 15 is 0 Å². The number of halogens is 1. The van der Waals surface area contributed by atoms with Crippen molar-refractivity contribution in [3.8, 4) is 23.0 Å². The van der Waals surface area contributed by atoms with Crippen molar-refractivity contribution in [1.29, 1.82) is 0 Å². The van der Waals surface area contributed by atoms with Crippen molar-refractivity contribution in [3.63, 3.8) is 0 Å². The fourth-order valence-electron chi connectivity index (χ4n) is 4.39. The molecule has 1 saturated carbocycles. The van der Waals surface area contributed by atoms with Gasteiger partial charge in [0.25, 0.3) is 5.91 Å². The van der Waals surface area contributed by atoms with Gasteiger partial charge in [-0.25, -0.2) is 0 Å². The van der Waals surface area contributed by atoms with Gasteiger partial charge >= 0.3 is 0 Å². The number of nitrogens with zero attached hydrogens (tertiary/aromatic N) is 1. The Bertz CT molecular complexity index is 1310. The van der Waals surface area contributed by atoms with Crippen LogP contribution in [0.15, 0.2) is 71.9 Å². The number of ketones is 1. The molecule has 0 unspecified atom stereocenters. The number of hydrogen-bond donors (Lipinski definition) is 1. The molecule has 0 saturated heterocycles. The van der Waals surface area contributed by atoms with Crippen LogP contribution in [0.2, 0.25) is 0 Å². The zero-order chi connectivity index (χ0) is 27.1. The minimum absolute atomic E-state index is 0. The average Bonchev–Trinajstić information content (AvgIpc) is 2.95. The Kier molecular flexibility index (Phi) is 10.3. The van der Waals surface area contributed by atoms with Gasteiger partial charge in [-0.3, -0.25) is 14.6 Å². The molecule has 0 radical (unpaired) electrons. The maximum atomic E-state index is 13.6. The molecule has 1 aliphatic rings. The highest BCUT2D eigenvalue weighted by Gasteiger charge is 2.29. The van der Waals surface area contributed by atoms with Crippen molar-refractivity contribution in [3.05, 3.63) is 88.8 Å². The van der Waals surface area contributed by atoms with Gasteiger partial charge < -0.3 is 24.3 Å². The van der Waals surface area contributed by atoms with Crippen LogP contribution in [-0.2, 0) is 4.79 Å².